The highest BCUT2D eigenvalue weighted by atomic mass is 35.5. The predicted molar refractivity (Wildman–Crippen MR) is 106 cm³/mol. The third-order valence-electron chi connectivity index (χ3n) is 5.30. The molecule has 7 nitrogen and oxygen atoms in total. The zero-order valence-electron chi connectivity index (χ0n) is 16.3. The molecule has 0 aromatic heterocycles. The van der Waals surface area contributed by atoms with Gasteiger partial charge in [-0.2, -0.15) is 0 Å². The van der Waals surface area contributed by atoms with Gasteiger partial charge < -0.3 is 20.3 Å². The number of likely N-dealkylation sites (tertiary alicyclic amines) is 1. The number of carbonyl (C=O) groups is 3. The fraction of sp³-hybridized carbons (Fsp3) is 0.842. The van der Waals surface area contributed by atoms with Crippen molar-refractivity contribution in [1.29, 1.82) is 0 Å². The first-order chi connectivity index (χ1) is 12.6. The Balaban J connectivity index is 0.00000364. The molecule has 2 aliphatic rings. The fourth-order valence-corrected chi connectivity index (χ4v) is 3.74. The Hall–Kier alpha value is -1.34. The lowest BCUT2D eigenvalue weighted by Crippen LogP contribution is -2.45. The van der Waals surface area contributed by atoms with Crippen molar-refractivity contribution < 1.29 is 19.1 Å². The average Bonchev–Trinajstić information content (AvgIpc) is 2.67. The standard InChI is InChI=1S/C19H33N3O4.ClH/c1-2-26-18(24)9-12-21-19(25)16-4-3-13-22(14-16)17(23)6-5-15-7-10-20-11-8-15;/h15-16,20H,2-14H2,1H3,(H,21,25);1H/t16-;/m1./s1. The number of ether oxygens (including phenoxy) is 1. The molecule has 2 amide bonds. The van der Waals surface area contributed by atoms with E-state index in [2.05, 4.69) is 10.6 Å². The first kappa shape index (κ1) is 23.7. The summed E-state index contributed by atoms with van der Waals surface area (Å²) in [7, 11) is 0. The highest BCUT2D eigenvalue weighted by Gasteiger charge is 2.28. The monoisotopic (exact) mass is 403 g/mol. The first-order valence-electron chi connectivity index (χ1n) is 10.0. The Kier molecular flexibility index (Phi) is 11.4. The van der Waals surface area contributed by atoms with Gasteiger partial charge >= 0.3 is 5.97 Å². The molecule has 0 aromatic rings. The van der Waals surface area contributed by atoms with Crippen LogP contribution in [0.4, 0.5) is 0 Å². The second kappa shape index (κ2) is 12.9. The van der Waals surface area contributed by atoms with E-state index in [0.29, 0.717) is 25.5 Å². The van der Waals surface area contributed by atoms with Crippen LogP contribution in [0.2, 0.25) is 0 Å². The smallest absolute Gasteiger partial charge is 0.307 e. The van der Waals surface area contributed by atoms with Crippen LogP contribution in [0.25, 0.3) is 0 Å². The van der Waals surface area contributed by atoms with Gasteiger partial charge in [-0.05, 0) is 58.0 Å². The second-order valence-electron chi connectivity index (χ2n) is 7.26. The van der Waals surface area contributed by atoms with Gasteiger partial charge in [-0.15, -0.1) is 12.4 Å². The summed E-state index contributed by atoms with van der Waals surface area (Å²) in [6.45, 7) is 5.75. The second-order valence-corrected chi connectivity index (χ2v) is 7.26. The molecular weight excluding hydrogens is 370 g/mol. The van der Waals surface area contributed by atoms with Crippen molar-refractivity contribution in [3.63, 3.8) is 0 Å². The van der Waals surface area contributed by atoms with E-state index in [1.165, 1.54) is 0 Å². The quantitative estimate of drug-likeness (QED) is 0.599. The molecule has 8 heteroatoms. The Morgan fingerprint density at radius 1 is 1.15 bits per heavy atom. The molecule has 0 radical (unpaired) electrons. The van der Waals surface area contributed by atoms with Gasteiger partial charge in [0.2, 0.25) is 11.8 Å². The number of rotatable bonds is 8. The summed E-state index contributed by atoms with van der Waals surface area (Å²) in [4.78, 5) is 38.0. The van der Waals surface area contributed by atoms with Crippen LogP contribution in [0.5, 0.6) is 0 Å². The molecule has 27 heavy (non-hydrogen) atoms. The predicted octanol–water partition coefficient (Wildman–Crippen LogP) is 1.50. The van der Waals surface area contributed by atoms with Crippen molar-refractivity contribution in [2.45, 2.75) is 51.9 Å². The van der Waals surface area contributed by atoms with E-state index in [1.54, 1.807) is 6.92 Å². The summed E-state index contributed by atoms with van der Waals surface area (Å²) >= 11 is 0. The van der Waals surface area contributed by atoms with Crippen LogP contribution in [0.15, 0.2) is 0 Å². The molecule has 2 heterocycles. The topological polar surface area (TPSA) is 87.7 Å². The lowest BCUT2D eigenvalue weighted by molar-refractivity contribution is -0.143. The molecule has 0 aliphatic carbocycles. The van der Waals surface area contributed by atoms with Gasteiger partial charge in [-0.25, -0.2) is 0 Å². The van der Waals surface area contributed by atoms with E-state index >= 15 is 0 Å². The highest BCUT2D eigenvalue weighted by Crippen LogP contribution is 2.21. The summed E-state index contributed by atoms with van der Waals surface area (Å²) in [5, 5.41) is 6.15. The molecule has 0 spiro atoms. The molecule has 0 aromatic carbocycles. The number of halogens is 1. The SMILES string of the molecule is CCOC(=O)CCNC(=O)[C@@H]1CCCN(C(=O)CCC2CCNCC2)C1.Cl. The number of carbonyl (C=O) groups excluding carboxylic acids is 3. The van der Waals surface area contributed by atoms with Gasteiger partial charge in [-0.3, -0.25) is 14.4 Å². The summed E-state index contributed by atoms with van der Waals surface area (Å²) in [5.74, 6) is 0.282. The minimum atomic E-state index is -0.300. The van der Waals surface area contributed by atoms with E-state index < -0.39 is 0 Å². The third kappa shape index (κ3) is 8.47. The number of esters is 1. The van der Waals surface area contributed by atoms with Crippen molar-refractivity contribution in [3.05, 3.63) is 0 Å². The van der Waals surface area contributed by atoms with Crippen molar-refractivity contribution >= 4 is 30.2 Å². The molecule has 2 fully saturated rings. The number of piperidine rings is 2. The fourth-order valence-electron chi connectivity index (χ4n) is 3.74. The molecule has 2 aliphatic heterocycles. The van der Waals surface area contributed by atoms with Crippen LogP contribution < -0.4 is 10.6 Å². The molecule has 2 N–H and O–H groups in total. The zero-order chi connectivity index (χ0) is 18.8. The van der Waals surface area contributed by atoms with Gasteiger partial charge in [-0.1, -0.05) is 0 Å². The largest absolute Gasteiger partial charge is 0.466 e. The van der Waals surface area contributed by atoms with Gasteiger partial charge in [0.1, 0.15) is 0 Å². The maximum Gasteiger partial charge on any atom is 0.307 e. The molecule has 0 saturated carbocycles. The van der Waals surface area contributed by atoms with Gasteiger partial charge in [0.05, 0.1) is 18.9 Å². The van der Waals surface area contributed by atoms with Crippen LogP contribution in [0, 0.1) is 11.8 Å². The number of hydrogen-bond acceptors (Lipinski definition) is 5. The van der Waals surface area contributed by atoms with Crippen LogP contribution in [-0.4, -0.2) is 62.0 Å². The van der Waals surface area contributed by atoms with E-state index in [-0.39, 0.29) is 49.1 Å². The molecule has 0 unspecified atom stereocenters. The van der Waals surface area contributed by atoms with Crippen molar-refractivity contribution in [3.8, 4) is 0 Å². The molecule has 0 bridgehead atoms. The van der Waals surface area contributed by atoms with E-state index in [4.69, 9.17) is 4.74 Å². The van der Waals surface area contributed by atoms with E-state index in [0.717, 1.165) is 51.7 Å². The zero-order valence-corrected chi connectivity index (χ0v) is 17.2. The first-order valence-corrected chi connectivity index (χ1v) is 10.0. The maximum absolute atomic E-state index is 12.5. The Bertz CT molecular complexity index is 484. The summed E-state index contributed by atoms with van der Waals surface area (Å²) < 4.78 is 4.85. The summed E-state index contributed by atoms with van der Waals surface area (Å²) in [6, 6.07) is 0. The van der Waals surface area contributed by atoms with Gasteiger partial charge in [0.25, 0.3) is 0 Å². The average molecular weight is 404 g/mol. The Morgan fingerprint density at radius 3 is 2.59 bits per heavy atom. The van der Waals surface area contributed by atoms with Gasteiger partial charge in [0.15, 0.2) is 0 Å². The number of amides is 2. The van der Waals surface area contributed by atoms with Crippen LogP contribution in [0.1, 0.15) is 51.9 Å². The minimum Gasteiger partial charge on any atom is -0.466 e. The summed E-state index contributed by atoms with van der Waals surface area (Å²) in [5.41, 5.74) is 0. The molecular formula is C19H34ClN3O4. The summed E-state index contributed by atoms with van der Waals surface area (Å²) in [6.07, 6.45) is 5.68. The van der Waals surface area contributed by atoms with E-state index in [1.807, 2.05) is 4.90 Å². The highest BCUT2D eigenvalue weighted by molar-refractivity contribution is 5.85. The normalized spacial score (nSPS) is 20.5. The lowest BCUT2D eigenvalue weighted by Gasteiger charge is -2.32. The molecule has 1 atom stereocenters. The number of nitrogens with zero attached hydrogens (tertiary/aromatic N) is 1. The van der Waals surface area contributed by atoms with E-state index in [9.17, 15) is 14.4 Å². The van der Waals surface area contributed by atoms with Gasteiger partial charge in [0, 0.05) is 26.1 Å². The Morgan fingerprint density at radius 2 is 1.89 bits per heavy atom. The Labute approximate surface area is 168 Å². The van der Waals surface area contributed by atoms with Crippen LogP contribution >= 0.6 is 12.4 Å². The molecule has 2 rings (SSSR count). The third-order valence-corrected chi connectivity index (χ3v) is 5.30. The maximum atomic E-state index is 12.5. The van der Waals surface area contributed by atoms with Crippen molar-refractivity contribution in [1.82, 2.24) is 15.5 Å². The lowest BCUT2D eigenvalue weighted by atomic mass is 9.92. The van der Waals surface area contributed by atoms with Crippen LogP contribution in [-0.2, 0) is 19.1 Å². The minimum absolute atomic E-state index is 0. The number of nitrogens with one attached hydrogen (secondary N) is 2. The molecule has 156 valence electrons. The van der Waals surface area contributed by atoms with Crippen molar-refractivity contribution in [2.75, 3.05) is 39.3 Å². The number of hydrogen-bond donors (Lipinski definition) is 2. The van der Waals surface area contributed by atoms with Crippen molar-refractivity contribution in [2.24, 2.45) is 11.8 Å². The molecule has 2 saturated heterocycles. The van der Waals surface area contributed by atoms with Crippen LogP contribution in [0.3, 0.4) is 0 Å².